The van der Waals surface area contributed by atoms with Gasteiger partial charge in [-0.25, -0.2) is 4.79 Å². The number of hydrogen-bond acceptors (Lipinski definition) is 8. The van der Waals surface area contributed by atoms with Crippen LogP contribution < -0.4 is 4.74 Å². The third-order valence-electron chi connectivity index (χ3n) is 4.15. The number of rotatable bonds is 6. The number of halogens is 1. The highest BCUT2D eigenvalue weighted by Gasteiger charge is 2.14. The van der Waals surface area contributed by atoms with Crippen LogP contribution in [0, 0.1) is 0 Å². The van der Waals surface area contributed by atoms with Crippen molar-refractivity contribution in [1.82, 2.24) is 10.2 Å². The van der Waals surface area contributed by atoms with Crippen LogP contribution in [0.25, 0.3) is 21.9 Å². The van der Waals surface area contributed by atoms with Gasteiger partial charge in [0, 0.05) is 6.92 Å². The highest BCUT2D eigenvalue weighted by atomic mass is 79.9. The molecule has 31 heavy (non-hydrogen) atoms. The van der Waals surface area contributed by atoms with Crippen LogP contribution in [0.15, 0.2) is 68.9 Å². The van der Waals surface area contributed by atoms with E-state index < -0.39 is 5.97 Å². The SMILES string of the molecule is CC(=O)Oc1ccc(-c2ccc(C(=O)OCc3nnc(-c4ccc(Br)s4)o3)cc2)cc1. The predicted molar refractivity (Wildman–Crippen MR) is 118 cm³/mol. The van der Waals surface area contributed by atoms with Crippen LogP contribution in [-0.4, -0.2) is 22.1 Å². The maximum Gasteiger partial charge on any atom is 0.338 e. The molecule has 0 bridgehead atoms. The van der Waals surface area contributed by atoms with E-state index in [1.807, 2.05) is 36.4 Å². The van der Waals surface area contributed by atoms with Crippen molar-refractivity contribution in [2.45, 2.75) is 13.5 Å². The number of benzene rings is 2. The zero-order valence-corrected chi connectivity index (χ0v) is 18.6. The van der Waals surface area contributed by atoms with E-state index in [1.54, 1.807) is 24.3 Å². The van der Waals surface area contributed by atoms with Crippen LogP contribution in [0.3, 0.4) is 0 Å². The van der Waals surface area contributed by atoms with E-state index in [-0.39, 0.29) is 18.5 Å². The average Bonchev–Trinajstić information content (AvgIpc) is 3.41. The Labute approximate surface area is 189 Å². The number of carbonyl (C=O) groups excluding carboxylic acids is 2. The molecule has 0 unspecified atom stereocenters. The van der Waals surface area contributed by atoms with Gasteiger partial charge in [-0.2, -0.15) is 0 Å². The van der Waals surface area contributed by atoms with Gasteiger partial charge in [0.2, 0.25) is 0 Å². The molecule has 9 heteroatoms. The zero-order chi connectivity index (χ0) is 21.8. The van der Waals surface area contributed by atoms with Gasteiger partial charge in [-0.15, -0.1) is 21.5 Å². The molecule has 2 aromatic heterocycles. The second kappa shape index (κ2) is 9.23. The Morgan fingerprint density at radius 2 is 1.65 bits per heavy atom. The van der Waals surface area contributed by atoms with E-state index in [9.17, 15) is 9.59 Å². The van der Waals surface area contributed by atoms with Crippen molar-refractivity contribution in [3.63, 3.8) is 0 Å². The summed E-state index contributed by atoms with van der Waals surface area (Å²) in [6.07, 6.45) is 0. The number of ether oxygens (including phenoxy) is 2. The van der Waals surface area contributed by atoms with E-state index in [0.717, 1.165) is 19.8 Å². The Hall–Kier alpha value is -3.30. The molecule has 0 radical (unpaired) electrons. The minimum atomic E-state index is -0.490. The Bertz CT molecular complexity index is 1220. The van der Waals surface area contributed by atoms with Crippen LogP contribution in [0.2, 0.25) is 0 Å². The molecule has 0 N–H and O–H groups in total. The number of aromatic nitrogens is 2. The topological polar surface area (TPSA) is 91.5 Å². The normalized spacial score (nSPS) is 10.6. The molecule has 2 heterocycles. The summed E-state index contributed by atoms with van der Waals surface area (Å²) in [4.78, 5) is 24.2. The maximum atomic E-state index is 12.3. The van der Waals surface area contributed by atoms with Crippen molar-refractivity contribution in [3.05, 3.63) is 75.9 Å². The minimum absolute atomic E-state index is 0.113. The lowest BCUT2D eigenvalue weighted by molar-refractivity contribution is -0.131. The second-order valence-electron chi connectivity index (χ2n) is 6.38. The second-order valence-corrected chi connectivity index (χ2v) is 8.84. The predicted octanol–water partition coefficient (Wildman–Crippen LogP) is 5.51. The van der Waals surface area contributed by atoms with Gasteiger partial charge in [-0.1, -0.05) is 24.3 Å². The van der Waals surface area contributed by atoms with E-state index in [2.05, 4.69) is 26.1 Å². The first kappa shape index (κ1) is 21.0. The molecule has 7 nitrogen and oxygen atoms in total. The summed E-state index contributed by atoms with van der Waals surface area (Å²) in [7, 11) is 0. The van der Waals surface area contributed by atoms with Crippen molar-refractivity contribution >= 4 is 39.2 Å². The fraction of sp³-hybridized carbons (Fsp3) is 0.0909. The summed E-state index contributed by atoms with van der Waals surface area (Å²) in [5.74, 6) is 0.220. The number of esters is 2. The average molecular weight is 499 g/mol. The lowest BCUT2D eigenvalue weighted by Gasteiger charge is -2.06. The molecule has 0 atom stereocenters. The van der Waals surface area contributed by atoms with Crippen LogP contribution in [0.4, 0.5) is 0 Å². The van der Waals surface area contributed by atoms with Crippen LogP contribution in [0.5, 0.6) is 5.75 Å². The van der Waals surface area contributed by atoms with E-state index >= 15 is 0 Å². The van der Waals surface area contributed by atoms with Crippen molar-refractivity contribution < 1.29 is 23.5 Å². The third kappa shape index (κ3) is 5.25. The summed E-state index contributed by atoms with van der Waals surface area (Å²) >= 11 is 4.85. The van der Waals surface area contributed by atoms with E-state index in [0.29, 0.717) is 17.2 Å². The van der Waals surface area contributed by atoms with Crippen molar-refractivity contribution in [2.75, 3.05) is 0 Å². The molecule has 0 saturated carbocycles. The molecule has 0 spiro atoms. The molecule has 156 valence electrons. The molecule has 0 fully saturated rings. The summed E-state index contributed by atoms with van der Waals surface area (Å²) in [6.45, 7) is 1.24. The van der Waals surface area contributed by atoms with Gasteiger partial charge in [-0.05, 0) is 63.5 Å². The van der Waals surface area contributed by atoms with Crippen LogP contribution in [0.1, 0.15) is 23.2 Å². The smallest absolute Gasteiger partial charge is 0.338 e. The summed E-state index contributed by atoms with van der Waals surface area (Å²) in [5, 5.41) is 7.88. The van der Waals surface area contributed by atoms with Crippen molar-refractivity contribution in [3.8, 4) is 27.6 Å². The Kier molecular flexibility index (Phi) is 6.24. The van der Waals surface area contributed by atoms with Gasteiger partial charge in [0.15, 0.2) is 6.61 Å². The number of nitrogens with zero attached hydrogens (tertiary/aromatic N) is 2. The fourth-order valence-electron chi connectivity index (χ4n) is 2.73. The molecule has 2 aromatic carbocycles. The standard InChI is InChI=1S/C22H15BrN2O5S/c1-13(26)29-17-8-6-15(7-9-17)14-2-4-16(5-3-14)22(27)28-12-20-24-25-21(30-20)18-10-11-19(23)31-18/h2-11H,12H2,1H3. The van der Waals surface area contributed by atoms with E-state index in [1.165, 1.54) is 18.3 Å². The molecule has 0 aliphatic rings. The van der Waals surface area contributed by atoms with Gasteiger partial charge in [0.1, 0.15) is 5.75 Å². The minimum Gasteiger partial charge on any atom is -0.452 e. The molecule has 0 amide bonds. The quantitative estimate of drug-likeness (QED) is 0.255. The molecule has 0 saturated heterocycles. The Morgan fingerprint density at radius 1 is 0.968 bits per heavy atom. The van der Waals surface area contributed by atoms with Crippen LogP contribution in [-0.2, 0) is 16.1 Å². The number of carbonyl (C=O) groups is 2. The van der Waals surface area contributed by atoms with E-state index in [4.69, 9.17) is 13.9 Å². The maximum absolute atomic E-state index is 12.3. The lowest BCUT2D eigenvalue weighted by atomic mass is 10.0. The van der Waals surface area contributed by atoms with Gasteiger partial charge in [0.25, 0.3) is 11.8 Å². The molecular formula is C22H15BrN2O5S. The Morgan fingerprint density at radius 3 is 2.26 bits per heavy atom. The van der Waals surface area contributed by atoms with Crippen LogP contribution >= 0.6 is 27.3 Å². The number of hydrogen-bond donors (Lipinski definition) is 0. The first-order valence-corrected chi connectivity index (χ1v) is 10.7. The summed E-state index contributed by atoms with van der Waals surface area (Å²) in [5.41, 5.74) is 2.24. The first-order valence-electron chi connectivity index (χ1n) is 9.12. The van der Waals surface area contributed by atoms with Crippen molar-refractivity contribution in [1.29, 1.82) is 0 Å². The van der Waals surface area contributed by atoms with Gasteiger partial charge in [0.05, 0.1) is 14.2 Å². The number of thiophene rings is 1. The highest BCUT2D eigenvalue weighted by Crippen LogP contribution is 2.30. The van der Waals surface area contributed by atoms with Crippen molar-refractivity contribution in [2.24, 2.45) is 0 Å². The Balaban J connectivity index is 1.36. The lowest BCUT2D eigenvalue weighted by Crippen LogP contribution is -2.05. The molecule has 4 rings (SSSR count). The molecule has 0 aliphatic heterocycles. The summed E-state index contributed by atoms with van der Waals surface area (Å²) in [6, 6.07) is 17.9. The fourth-order valence-corrected chi connectivity index (χ4v) is 4.04. The third-order valence-corrected chi connectivity index (χ3v) is 5.76. The summed E-state index contributed by atoms with van der Waals surface area (Å²) < 4.78 is 16.8. The zero-order valence-electron chi connectivity index (χ0n) is 16.2. The first-order chi connectivity index (χ1) is 15.0. The molecule has 4 aromatic rings. The highest BCUT2D eigenvalue weighted by molar-refractivity contribution is 9.11. The van der Waals surface area contributed by atoms with Gasteiger partial charge in [-0.3, -0.25) is 4.79 Å². The van der Waals surface area contributed by atoms with Gasteiger partial charge >= 0.3 is 11.9 Å². The molecular weight excluding hydrogens is 484 g/mol. The van der Waals surface area contributed by atoms with Gasteiger partial charge < -0.3 is 13.9 Å². The largest absolute Gasteiger partial charge is 0.452 e. The monoisotopic (exact) mass is 498 g/mol. The molecule has 0 aliphatic carbocycles.